The third-order valence-corrected chi connectivity index (χ3v) is 3.82. The summed E-state index contributed by atoms with van der Waals surface area (Å²) in [6.45, 7) is 2.09. The van der Waals surface area contributed by atoms with Crippen molar-refractivity contribution in [2.75, 3.05) is 0 Å². The maximum Gasteiger partial charge on any atom is 0.228 e. The summed E-state index contributed by atoms with van der Waals surface area (Å²) in [7, 11) is 0. The van der Waals surface area contributed by atoms with Crippen LogP contribution in [0.1, 0.15) is 28.6 Å². The van der Waals surface area contributed by atoms with Gasteiger partial charge in [-0.25, -0.2) is 0 Å². The second-order valence-electron chi connectivity index (χ2n) is 4.67. The van der Waals surface area contributed by atoms with Crippen molar-refractivity contribution in [3.8, 4) is 0 Å². The third kappa shape index (κ3) is 2.41. The molecule has 1 aromatic heterocycles. The molecule has 100 valence electrons. The van der Waals surface area contributed by atoms with Gasteiger partial charge < -0.3 is 4.42 Å². The van der Waals surface area contributed by atoms with Crippen LogP contribution in [0.5, 0.6) is 0 Å². The average Bonchev–Trinajstić information content (AvgIpc) is 2.89. The van der Waals surface area contributed by atoms with Crippen molar-refractivity contribution in [2.45, 2.75) is 13.3 Å². The van der Waals surface area contributed by atoms with E-state index in [-0.39, 0.29) is 5.78 Å². The molecule has 0 bridgehead atoms. The molecule has 0 saturated heterocycles. The Bertz CT molecular complexity index is 769. The highest BCUT2D eigenvalue weighted by Crippen LogP contribution is 2.24. The number of hydrogen-bond donors (Lipinski definition) is 0. The van der Waals surface area contributed by atoms with E-state index in [1.165, 1.54) is 5.56 Å². The van der Waals surface area contributed by atoms with E-state index in [2.05, 4.69) is 22.9 Å². The highest BCUT2D eigenvalue weighted by molar-refractivity contribution is 9.10. The van der Waals surface area contributed by atoms with Crippen molar-refractivity contribution in [2.24, 2.45) is 0 Å². The monoisotopic (exact) mass is 328 g/mol. The molecule has 3 rings (SSSR count). The van der Waals surface area contributed by atoms with E-state index in [4.69, 9.17) is 4.42 Å². The van der Waals surface area contributed by atoms with Crippen LogP contribution in [0.15, 0.2) is 57.4 Å². The Morgan fingerprint density at radius 1 is 1.10 bits per heavy atom. The molecule has 0 unspecified atom stereocenters. The quantitative estimate of drug-likeness (QED) is 0.634. The molecule has 0 N–H and O–H groups in total. The summed E-state index contributed by atoms with van der Waals surface area (Å²) in [5.74, 6) is 0.294. The SMILES string of the molecule is CCc1ccc(C(=O)c2cc3cc(Br)ccc3o2)cc1. The number of fused-ring (bicyclic) bond motifs is 1. The van der Waals surface area contributed by atoms with Crippen molar-refractivity contribution >= 4 is 32.7 Å². The summed E-state index contributed by atoms with van der Waals surface area (Å²) in [5.41, 5.74) is 2.59. The number of rotatable bonds is 3. The van der Waals surface area contributed by atoms with E-state index in [9.17, 15) is 4.79 Å². The van der Waals surface area contributed by atoms with E-state index < -0.39 is 0 Å². The van der Waals surface area contributed by atoms with Crippen LogP contribution in [0, 0.1) is 0 Å². The third-order valence-electron chi connectivity index (χ3n) is 3.33. The lowest BCUT2D eigenvalue weighted by molar-refractivity contribution is 0.101. The van der Waals surface area contributed by atoms with Crippen molar-refractivity contribution in [3.05, 3.63) is 69.9 Å². The zero-order valence-corrected chi connectivity index (χ0v) is 12.6. The number of hydrogen-bond acceptors (Lipinski definition) is 2. The summed E-state index contributed by atoms with van der Waals surface area (Å²) >= 11 is 3.41. The van der Waals surface area contributed by atoms with Crippen LogP contribution in [0.25, 0.3) is 11.0 Å². The molecule has 1 heterocycles. The first kappa shape index (κ1) is 13.1. The molecule has 0 radical (unpaired) electrons. The first-order chi connectivity index (χ1) is 9.67. The van der Waals surface area contributed by atoms with Crippen molar-refractivity contribution < 1.29 is 9.21 Å². The van der Waals surface area contributed by atoms with Gasteiger partial charge in [-0.05, 0) is 36.2 Å². The molecular formula is C17H13BrO2. The first-order valence-electron chi connectivity index (χ1n) is 6.50. The molecule has 2 aromatic carbocycles. The van der Waals surface area contributed by atoms with E-state index in [1.807, 2.05) is 42.5 Å². The van der Waals surface area contributed by atoms with Crippen molar-refractivity contribution in [3.63, 3.8) is 0 Å². The van der Waals surface area contributed by atoms with Gasteiger partial charge in [0.1, 0.15) is 5.58 Å². The molecule has 0 saturated carbocycles. The standard InChI is InChI=1S/C17H13BrO2/c1-2-11-3-5-12(6-4-11)17(19)16-10-13-9-14(18)7-8-15(13)20-16/h3-10H,2H2,1H3. The predicted octanol–water partition coefficient (Wildman–Crippen LogP) is 4.99. The fraction of sp³-hybridized carbons (Fsp3) is 0.118. The van der Waals surface area contributed by atoms with E-state index in [0.717, 1.165) is 21.9 Å². The van der Waals surface area contributed by atoms with E-state index in [0.29, 0.717) is 11.3 Å². The lowest BCUT2D eigenvalue weighted by atomic mass is 10.1. The van der Waals surface area contributed by atoms with Gasteiger partial charge in [-0.1, -0.05) is 47.1 Å². The molecule has 0 fully saturated rings. The number of aryl methyl sites for hydroxylation is 1. The summed E-state index contributed by atoms with van der Waals surface area (Å²) in [6, 6.07) is 15.1. The number of carbonyl (C=O) groups excluding carboxylic acids is 1. The molecular weight excluding hydrogens is 316 g/mol. The summed E-state index contributed by atoms with van der Waals surface area (Å²) in [5, 5.41) is 0.924. The minimum Gasteiger partial charge on any atom is -0.453 e. The maximum atomic E-state index is 12.4. The minimum absolute atomic E-state index is 0.0834. The van der Waals surface area contributed by atoms with Gasteiger partial charge in [0.2, 0.25) is 5.78 Å². The minimum atomic E-state index is -0.0834. The molecule has 20 heavy (non-hydrogen) atoms. The maximum absolute atomic E-state index is 12.4. The van der Waals surface area contributed by atoms with Crippen LogP contribution in [-0.4, -0.2) is 5.78 Å². The summed E-state index contributed by atoms with van der Waals surface area (Å²) < 4.78 is 6.59. The number of carbonyl (C=O) groups is 1. The molecule has 3 aromatic rings. The Morgan fingerprint density at radius 3 is 2.55 bits per heavy atom. The van der Waals surface area contributed by atoms with Gasteiger partial charge >= 0.3 is 0 Å². The number of ketones is 1. The van der Waals surface area contributed by atoms with Gasteiger partial charge in [0.15, 0.2) is 5.76 Å². The van der Waals surface area contributed by atoms with Crippen LogP contribution in [-0.2, 0) is 6.42 Å². The van der Waals surface area contributed by atoms with Crippen LogP contribution in [0.2, 0.25) is 0 Å². The Balaban J connectivity index is 1.98. The lowest BCUT2D eigenvalue weighted by Crippen LogP contribution is -1.99. The Labute approximate surface area is 125 Å². The summed E-state index contributed by atoms with van der Waals surface area (Å²) in [6.07, 6.45) is 0.965. The second-order valence-corrected chi connectivity index (χ2v) is 5.59. The van der Waals surface area contributed by atoms with Gasteiger partial charge in [0.05, 0.1) is 0 Å². The van der Waals surface area contributed by atoms with Crippen LogP contribution < -0.4 is 0 Å². The molecule has 0 spiro atoms. The largest absolute Gasteiger partial charge is 0.453 e. The predicted molar refractivity (Wildman–Crippen MR) is 83.2 cm³/mol. The highest BCUT2D eigenvalue weighted by Gasteiger charge is 2.14. The number of halogens is 1. The molecule has 0 aliphatic carbocycles. The molecule has 3 heteroatoms. The molecule has 0 atom stereocenters. The van der Waals surface area contributed by atoms with Crippen molar-refractivity contribution in [1.82, 2.24) is 0 Å². The van der Waals surface area contributed by atoms with Crippen LogP contribution in [0.4, 0.5) is 0 Å². The highest BCUT2D eigenvalue weighted by atomic mass is 79.9. The Kier molecular flexibility index (Phi) is 3.45. The van der Waals surface area contributed by atoms with Gasteiger partial charge in [-0.15, -0.1) is 0 Å². The van der Waals surface area contributed by atoms with Gasteiger partial charge in [-0.2, -0.15) is 0 Å². The van der Waals surface area contributed by atoms with Gasteiger partial charge in [-0.3, -0.25) is 4.79 Å². The first-order valence-corrected chi connectivity index (χ1v) is 7.29. The Morgan fingerprint density at radius 2 is 1.85 bits per heavy atom. The van der Waals surface area contributed by atoms with Crippen molar-refractivity contribution in [1.29, 1.82) is 0 Å². The lowest BCUT2D eigenvalue weighted by Gasteiger charge is -1.99. The average molecular weight is 329 g/mol. The molecule has 0 aliphatic heterocycles. The van der Waals surface area contributed by atoms with Crippen LogP contribution in [0.3, 0.4) is 0 Å². The van der Waals surface area contributed by atoms with E-state index >= 15 is 0 Å². The summed E-state index contributed by atoms with van der Waals surface area (Å²) in [4.78, 5) is 12.4. The van der Waals surface area contributed by atoms with E-state index in [1.54, 1.807) is 6.07 Å². The second kappa shape index (κ2) is 5.25. The fourth-order valence-corrected chi connectivity index (χ4v) is 2.54. The zero-order chi connectivity index (χ0) is 14.1. The normalized spacial score (nSPS) is 10.9. The zero-order valence-electron chi connectivity index (χ0n) is 11.0. The fourth-order valence-electron chi connectivity index (χ4n) is 2.16. The number of furan rings is 1. The topological polar surface area (TPSA) is 30.2 Å². The Hall–Kier alpha value is -1.87. The van der Waals surface area contributed by atoms with Gasteiger partial charge in [0, 0.05) is 15.4 Å². The van der Waals surface area contributed by atoms with Crippen LogP contribution >= 0.6 is 15.9 Å². The molecule has 0 amide bonds. The molecule has 2 nitrogen and oxygen atoms in total. The number of benzene rings is 2. The molecule has 0 aliphatic rings. The van der Waals surface area contributed by atoms with Gasteiger partial charge in [0.25, 0.3) is 0 Å². The smallest absolute Gasteiger partial charge is 0.228 e.